The topological polar surface area (TPSA) is 38.0 Å². The van der Waals surface area contributed by atoms with Crippen molar-refractivity contribution in [2.45, 2.75) is 32.9 Å². The second kappa shape index (κ2) is 4.58. The van der Waals surface area contributed by atoms with Gasteiger partial charge in [-0.2, -0.15) is 16.9 Å². The molecule has 2 unspecified atom stereocenters. The van der Waals surface area contributed by atoms with Gasteiger partial charge in [0.25, 0.3) is 0 Å². The van der Waals surface area contributed by atoms with Crippen LogP contribution in [0, 0.1) is 12.8 Å². The van der Waals surface area contributed by atoms with Crippen LogP contribution >= 0.6 is 11.8 Å². The lowest BCUT2D eigenvalue weighted by atomic mass is 10.00. The number of aliphatic hydroxyl groups is 1. The van der Waals surface area contributed by atoms with Gasteiger partial charge in [0, 0.05) is 23.9 Å². The average molecular weight is 226 g/mol. The van der Waals surface area contributed by atoms with Gasteiger partial charge in [-0.3, -0.25) is 4.68 Å². The molecule has 0 bridgehead atoms. The summed E-state index contributed by atoms with van der Waals surface area (Å²) in [5.41, 5.74) is 2.34. The largest absolute Gasteiger partial charge is 0.392 e. The van der Waals surface area contributed by atoms with E-state index in [1.165, 1.54) is 5.69 Å². The summed E-state index contributed by atoms with van der Waals surface area (Å²) in [6, 6.07) is 2.14. The van der Waals surface area contributed by atoms with Gasteiger partial charge in [0.1, 0.15) is 0 Å². The second-order valence-corrected chi connectivity index (χ2v) is 5.24. The number of hydrogen-bond acceptors (Lipinski definition) is 3. The fraction of sp³-hybridized carbons (Fsp3) is 0.727. The van der Waals surface area contributed by atoms with Crippen molar-refractivity contribution in [1.82, 2.24) is 9.78 Å². The summed E-state index contributed by atoms with van der Waals surface area (Å²) in [6.45, 7) is 5.05. The van der Waals surface area contributed by atoms with E-state index in [1.54, 1.807) is 0 Å². The lowest BCUT2D eigenvalue weighted by Gasteiger charge is -2.13. The van der Waals surface area contributed by atoms with Gasteiger partial charge in [-0.15, -0.1) is 0 Å². The predicted octanol–water partition coefficient (Wildman–Crippen LogP) is 1.48. The number of aromatic nitrogens is 2. The molecule has 1 aliphatic heterocycles. The Labute approximate surface area is 94.9 Å². The van der Waals surface area contributed by atoms with Crippen LogP contribution in [0.4, 0.5) is 0 Å². The number of aryl methyl sites for hydroxylation is 2. The zero-order chi connectivity index (χ0) is 10.8. The minimum absolute atomic E-state index is 0.129. The Morgan fingerprint density at radius 3 is 3.00 bits per heavy atom. The minimum atomic E-state index is -0.129. The van der Waals surface area contributed by atoms with Crippen LogP contribution in [0.25, 0.3) is 0 Å². The number of aliphatic hydroxyl groups excluding tert-OH is 1. The van der Waals surface area contributed by atoms with E-state index in [2.05, 4.69) is 18.1 Å². The molecule has 1 aromatic rings. The third-order valence-corrected chi connectivity index (χ3v) is 4.16. The summed E-state index contributed by atoms with van der Waals surface area (Å²) in [7, 11) is 0. The molecule has 3 nitrogen and oxygen atoms in total. The smallest absolute Gasteiger partial charge is 0.0670 e. The van der Waals surface area contributed by atoms with Crippen molar-refractivity contribution in [3.8, 4) is 0 Å². The van der Waals surface area contributed by atoms with Crippen molar-refractivity contribution in [1.29, 1.82) is 0 Å². The summed E-state index contributed by atoms with van der Waals surface area (Å²) in [5, 5.41) is 14.2. The fourth-order valence-corrected chi connectivity index (χ4v) is 3.38. The highest BCUT2D eigenvalue weighted by molar-refractivity contribution is 7.99. The minimum Gasteiger partial charge on any atom is -0.392 e. The molecular weight excluding hydrogens is 208 g/mol. The fourth-order valence-electron chi connectivity index (χ4n) is 2.09. The molecule has 4 heteroatoms. The zero-order valence-electron chi connectivity index (χ0n) is 9.31. The van der Waals surface area contributed by atoms with Gasteiger partial charge < -0.3 is 5.11 Å². The molecule has 0 saturated carbocycles. The van der Waals surface area contributed by atoms with E-state index >= 15 is 0 Å². The quantitative estimate of drug-likeness (QED) is 0.848. The van der Waals surface area contributed by atoms with Crippen molar-refractivity contribution in [2.75, 3.05) is 11.5 Å². The van der Waals surface area contributed by atoms with Crippen LogP contribution in [0.3, 0.4) is 0 Å². The lowest BCUT2D eigenvalue weighted by molar-refractivity contribution is 0.148. The summed E-state index contributed by atoms with van der Waals surface area (Å²) < 4.78 is 2.05. The van der Waals surface area contributed by atoms with Gasteiger partial charge in [0.15, 0.2) is 0 Å². The summed E-state index contributed by atoms with van der Waals surface area (Å²) in [4.78, 5) is 0. The van der Waals surface area contributed by atoms with Crippen LogP contribution in [0.1, 0.15) is 18.3 Å². The molecule has 1 aromatic heterocycles. The van der Waals surface area contributed by atoms with Crippen LogP contribution in [0.15, 0.2) is 6.07 Å². The van der Waals surface area contributed by atoms with Gasteiger partial charge in [-0.1, -0.05) is 0 Å². The monoisotopic (exact) mass is 226 g/mol. The van der Waals surface area contributed by atoms with Gasteiger partial charge >= 0.3 is 0 Å². The maximum absolute atomic E-state index is 9.77. The highest BCUT2D eigenvalue weighted by Gasteiger charge is 2.26. The van der Waals surface area contributed by atoms with Gasteiger partial charge in [0.05, 0.1) is 11.8 Å². The molecule has 84 valence electrons. The van der Waals surface area contributed by atoms with E-state index in [-0.39, 0.29) is 6.10 Å². The van der Waals surface area contributed by atoms with Crippen molar-refractivity contribution in [3.63, 3.8) is 0 Å². The Balaban J connectivity index is 2.09. The molecule has 2 atom stereocenters. The number of thioether (sulfide) groups is 1. The van der Waals surface area contributed by atoms with Crippen LogP contribution in [-0.4, -0.2) is 32.5 Å². The molecule has 15 heavy (non-hydrogen) atoms. The molecule has 1 N–H and O–H groups in total. The lowest BCUT2D eigenvalue weighted by Crippen LogP contribution is -2.21. The molecule has 1 aliphatic rings. The van der Waals surface area contributed by atoms with Gasteiger partial charge in [-0.25, -0.2) is 0 Å². The van der Waals surface area contributed by atoms with E-state index in [0.29, 0.717) is 5.92 Å². The van der Waals surface area contributed by atoms with Crippen molar-refractivity contribution < 1.29 is 5.11 Å². The summed E-state index contributed by atoms with van der Waals surface area (Å²) in [5.74, 6) is 2.38. The van der Waals surface area contributed by atoms with Gasteiger partial charge in [-0.05, 0) is 32.1 Å². The molecule has 0 radical (unpaired) electrons. The van der Waals surface area contributed by atoms with Crippen molar-refractivity contribution >= 4 is 11.8 Å². The normalized spacial score (nSPS) is 26.1. The Morgan fingerprint density at radius 1 is 1.60 bits per heavy atom. The Bertz CT molecular complexity index is 337. The molecule has 0 aromatic carbocycles. The summed E-state index contributed by atoms with van der Waals surface area (Å²) in [6.07, 6.45) is 0.832. The summed E-state index contributed by atoms with van der Waals surface area (Å²) >= 11 is 1.85. The SMILES string of the molecule is CCn1nc(C)cc1CC1CSCC1O. The number of rotatable bonds is 3. The second-order valence-electron chi connectivity index (χ2n) is 4.16. The molecule has 1 saturated heterocycles. The zero-order valence-corrected chi connectivity index (χ0v) is 10.1. The highest BCUT2D eigenvalue weighted by Crippen LogP contribution is 2.27. The average Bonchev–Trinajstić information content (AvgIpc) is 2.75. The highest BCUT2D eigenvalue weighted by atomic mass is 32.2. The molecule has 0 amide bonds. The van der Waals surface area contributed by atoms with E-state index in [0.717, 1.165) is 30.2 Å². The Morgan fingerprint density at radius 2 is 2.40 bits per heavy atom. The van der Waals surface area contributed by atoms with Crippen molar-refractivity contribution in [3.05, 3.63) is 17.5 Å². The first-order chi connectivity index (χ1) is 7.20. The maximum atomic E-state index is 9.77. The number of hydrogen-bond donors (Lipinski definition) is 1. The van der Waals surface area contributed by atoms with Crippen LogP contribution in [0.2, 0.25) is 0 Å². The molecular formula is C11H18N2OS. The van der Waals surface area contributed by atoms with E-state index < -0.39 is 0 Å². The number of nitrogens with zero attached hydrogens (tertiary/aromatic N) is 2. The first kappa shape index (κ1) is 11.0. The molecule has 2 rings (SSSR count). The molecule has 2 heterocycles. The first-order valence-corrected chi connectivity index (χ1v) is 6.65. The molecule has 1 fully saturated rings. The van der Waals surface area contributed by atoms with E-state index in [9.17, 15) is 5.11 Å². The van der Waals surface area contributed by atoms with Crippen LogP contribution in [0.5, 0.6) is 0 Å². The standard InChI is InChI=1S/C11H18N2OS/c1-3-13-10(4-8(2)12-13)5-9-6-15-7-11(9)14/h4,9,11,14H,3,5-7H2,1-2H3. The maximum Gasteiger partial charge on any atom is 0.0670 e. The first-order valence-electron chi connectivity index (χ1n) is 5.50. The van der Waals surface area contributed by atoms with Crippen molar-refractivity contribution in [2.24, 2.45) is 5.92 Å². The molecule has 0 spiro atoms. The Kier molecular flexibility index (Phi) is 3.36. The van der Waals surface area contributed by atoms with E-state index in [4.69, 9.17) is 0 Å². The molecule has 0 aliphatic carbocycles. The Hall–Kier alpha value is -0.480. The van der Waals surface area contributed by atoms with Gasteiger partial charge in [0.2, 0.25) is 0 Å². The van der Waals surface area contributed by atoms with Crippen LogP contribution in [-0.2, 0) is 13.0 Å². The predicted molar refractivity (Wildman–Crippen MR) is 63.2 cm³/mol. The van der Waals surface area contributed by atoms with E-state index in [1.807, 2.05) is 23.4 Å². The third-order valence-electron chi connectivity index (χ3n) is 2.92. The van der Waals surface area contributed by atoms with Crippen LogP contribution < -0.4 is 0 Å². The third kappa shape index (κ3) is 2.37.